The zero-order chi connectivity index (χ0) is 15.8. The topological polar surface area (TPSA) is 95.7 Å². The van der Waals surface area contributed by atoms with Crippen LogP contribution in [0.4, 0.5) is 11.4 Å². The van der Waals surface area contributed by atoms with Crippen molar-refractivity contribution >= 4 is 27.3 Å². The summed E-state index contributed by atoms with van der Waals surface area (Å²) in [6.45, 7) is 2.97. The number of piperazine rings is 1. The molecule has 1 aromatic rings. The van der Waals surface area contributed by atoms with E-state index in [0.717, 1.165) is 4.31 Å². The number of rotatable bonds is 3. The van der Waals surface area contributed by atoms with E-state index in [0.29, 0.717) is 24.5 Å². The van der Waals surface area contributed by atoms with E-state index in [1.807, 2.05) is 4.90 Å². The number of sulfonamides is 1. The average Bonchev–Trinajstić information content (AvgIpc) is 2.42. The molecule has 21 heavy (non-hydrogen) atoms. The smallest absolute Gasteiger partial charge is 0.242 e. The lowest BCUT2D eigenvalue weighted by molar-refractivity contribution is -0.122. The zero-order valence-electron chi connectivity index (χ0n) is 12.3. The molecule has 0 spiro atoms. The summed E-state index contributed by atoms with van der Waals surface area (Å²) in [5, 5.41) is 2.78. The summed E-state index contributed by atoms with van der Waals surface area (Å²) in [6.07, 6.45) is 0. The van der Waals surface area contributed by atoms with E-state index < -0.39 is 10.0 Å². The van der Waals surface area contributed by atoms with E-state index in [1.165, 1.54) is 26.2 Å². The summed E-state index contributed by atoms with van der Waals surface area (Å²) in [4.78, 5) is 13.7. The first kappa shape index (κ1) is 15.6. The number of hydrogen-bond donors (Lipinski definition) is 2. The van der Waals surface area contributed by atoms with Crippen LogP contribution in [-0.2, 0) is 14.8 Å². The maximum absolute atomic E-state index is 12.1. The van der Waals surface area contributed by atoms with Crippen molar-refractivity contribution in [3.63, 3.8) is 0 Å². The third-order valence-corrected chi connectivity index (χ3v) is 5.40. The fourth-order valence-electron chi connectivity index (χ4n) is 2.28. The highest BCUT2D eigenvalue weighted by molar-refractivity contribution is 7.89. The van der Waals surface area contributed by atoms with Crippen molar-refractivity contribution in [3.8, 4) is 0 Å². The predicted octanol–water partition coefficient (Wildman–Crippen LogP) is -0.156. The molecule has 1 aromatic carbocycles. The number of nitrogens with two attached hydrogens (primary N) is 1. The molecule has 2 rings (SSSR count). The molecule has 0 aliphatic carbocycles. The SMILES string of the molecule is CC1C(=O)NCCN1c1ccc(S(=O)(=O)N(C)C)cc1N. The molecule has 116 valence electrons. The van der Waals surface area contributed by atoms with Gasteiger partial charge in [-0.1, -0.05) is 0 Å². The number of carbonyl (C=O) groups is 1. The molecule has 7 nitrogen and oxygen atoms in total. The quantitative estimate of drug-likeness (QED) is 0.756. The molecule has 0 bridgehead atoms. The molecule has 0 radical (unpaired) electrons. The van der Waals surface area contributed by atoms with Crippen LogP contribution in [-0.4, -0.2) is 51.9 Å². The Balaban J connectivity index is 2.38. The zero-order valence-corrected chi connectivity index (χ0v) is 13.1. The number of nitrogen functional groups attached to an aromatic ring is 1. The molecule has 0 aromatic heterocycles. The van der Waals surface area contributed by atoms with E-state index in [-0.39, 0.29) is 16.8 Å². The summed E-state index contributed by atoms with van der Waals surface area (Å²) in [6, 6.07) is 4.27. The fourth-order valence-corrected chi connectivity index (χ4v) is 3.21. The molecule has 1 saturated heterocycles. The molecule has 1 amide bonds. The second-order valence-electron chi connectivity index (χ2n) is 5.17. The molecule has 1 unspecified atom stereocenters. The molecule has 8 heteroatoms. The van der Waals surface area contributed by atoms with Crippen LogP contribution < -0.4 is 16.0 Å². The Kier molecular flexibility index (Phi) is 4.11. The van der Waals surface area contributed by atoms with E-state index >= 15 is 0 Å². The third-order valence-electron chi connectivity index (χ3n) is 3.59. The molecular formula is C13H20N4O3S. The molecule has 1 fully saturated rings. The van der Waals surface area contributed by atoms with Gasteiger partial charge in [-0.3, -0.25) is 4.79 Å². The first-order chi connectivity index (χ1) is 9.75. The monoisotopic (exact) mass is 312 g/mol. The van der Waals surface area contributed by atoms with Crippen molar-refractivity contribution in [3.05, 3.63) is 18.2 Å². The highest BCUT2D eigenvalue weighted by atomic mass is 32.2. The van der Waals surface area contributed by atoms with Crippen molar-refractivity contribution in [1.82, 2.24) is 9.62 Å². The van der Waals surface area contributed by atoms with E-state index in [4.69, 9.17) is 5.73 Å². The first-order valence-corrected chi connectivity index (χ1v) is 8.05. The van der Waals surface area contributed by atoms with Gasteiger partial charge in [0, 0.05) is 27.2 Å². The van der Waals surface area contributed by atoms with E-state index in [1.54, 1.807) is 13.0 Å². The van der Waals surface area contributed by atoms with E-state index in [2.05, 4.69) is 5.32 Å². The summed E-state index contributed by atoms with van der Waals surface area (Å²) in [5.41, 5.74) is 7.02. The van der Waals surface area contributed by atoms with Gasteiger partial charge in [0.05, 0.1) is 16.3 Å². The Hall–Kier alpha value is -1.80. The van der Waals surface area contributed by atoms with Crippen LogP contribution in [0.25, 0.3) is 0 Å². The van der Waals surface area contributed by atoms with Crippen molar-refractivity contribution in [2.75, 3.05) is 37.8 Å². The van der Waals surface area contributed by atoms with Crippen LogP contribution >= 0.6 is 0 Å². The minimum atomic E-state index is -3.52. The van der Waals surface area contributed by atoms with Gasteiger partial charge in [0.15, 0.2) is 0 Å². The van der Waals surface area contributed by atoms with Gasteiger partial charge in [0.1, 0.15) is 6.04 Å². The number of nitrogens with one attached hydrogen (secondary N) is 1. The minimum Gasteiger partial charge on any atom is -0.397 e. The number of amides is 1. The number of nitrogens with zero attached hydrogens (tertiary/aromatic N) is 2. The van der Waals surface area contributed by atoms with Gasteiger partial charge >= 0.3 is 0 Å². The molecule has 1 aliphatic heterocycles. The second-order valence-corrected chi connectivity index (χ2v) is 7.32. The highest BCUT2D eigenvalue weighted by Crippen LogP contribution is 2.29. The molecule has 1 heterocycles. The Morgan fingerprint density at radius 1 is 1.38 bits per heavy atom. The largest absolute Gasteiger partial charge is 0.397 e. The van der Waals surface area contributed by atoms with Crippen molar-refractivity contribution < 1.29 is 13.2 Å². The standard InChI is InChI=1S/C13H20N4O3S/c1-9-13(18)15-6-7-17(9)12-5-4-10(8-11(12)14)21(19,20)16(2)3/h4-5,8-9H,6-7,14H2,1-3H3,(H,15,18). The summed E-state index contributed by atoms with van der Waals surface area (Å²) in [5.74, 6) is -0.0642. The Labute approximate surface area is 124 Å². The predicted molar refractivity (Wildman–Crippen MR) is 81.5 cm³/mol. The molecule has 3 N–H and O–H groups in total. The number of hydrogen-bond acceptors (Lipinski definition) is 5. The van der Waals surface area contributed by atoms with Gasteiger partial charge in [-0.2, -0.15) is 0 Å². The van der Waals surface area contributed by atoms with E-state index in [9.17, 15) is 13.2 Å². The number of benzene rings is 1. The molecule has 0 saturated carbocycles. The second kappa shape index (κ2) is 5.53. The Bertz CT molecular complexity index is 657. The van der Waals surface area contributed by atoms with Gasteiger partial charge in [0.25, 0.3) is 0 Å². The lowest BCUT2D eigenvalue weighted by Gasteiger charge is -2.35. The molecule has 1 aliphatic rings. The molecule has 1 atom stereocenters. The van der Waals surface area contributed by atoms with Gasteiger partial charge in [-0.25, -0.2) is 12.7 Å². The van der Waals surface area contributed by atoms with Gasteiger partial charge in [-0.05, 0) is 25.1 Å². The van der Waals surface area contributed by atoms with Crippen LogP contribution in [0.2, 0.25) is 0 Å². The van der Waals surface area contributed by atoms with Crippen LogP contribution in [0.1, 0.15) is 6.92 Å². The first-order valence-electron chi connectivity index (χ1n) is 6.61. The lowest BCUT2D eigenvalue weighted by atomic mass is 10.1. The summed E-state index contributed by atoms with van der Waals surface area (Å²) in [7, 11) is -0.578. The van der Waals surface area contributed by atoms with Crippen LogP contribution in [0.3, 0.4) is 0 Å². The highest BCUT2D eigenvalue weighted by Gasteiger charge is 2.27. The summed E-state index contributed by atoms with van der Waals surface area (Å²) < 4.78 is 25.3. The van der Waals surface area contributed by atoms with Gasteiger partial charge < -0.3 is 16.0 Å². The van der Waals surface area contributed by atoms with Crippen LogP contribution in [0.15, 0.2) is 23.1 Å². The third kappa shape index (κ3) is 2.81. The van der Waals surface area contributed by atoms with Crippen molar-refractivity contribution in [2.24, 2.45) is 0 Å². The normalized spacial score (nSPS) is 19.7. The molecular weight excluding hydrogens is 292 g/mol. The number of carbonyl (C=O) groups excluding carboxylic acids is 1. The van der Waals surface area contributed by atoms with Crippen molar-refractivity contribution in [1.29, 1.82) is 0 Å². The number of anilines is 2. The van der Waals surface area contributed by atoms with Crippen LogP contribution in [0, 0.1) is 0 Å². The lowest BCUT2D eigenvalue weighted by Crippen LogP contribution is -2.54. The van der Waals surface area contributed by atoms with Gasteiger partial charge in [0.2, 0.25) is 15.9 Å². The maximum Gasteiger partial charge on any atom is 0.242 e. The fraction of sp³-hybridized carbons (Fsp3) is 0.462. The van der Waals surface area contributed by atoms with Gasteiger partial charge in [-0.15, -0.1) is 0 Å². The van der Waals surface area contributed by atoms with Crippen molar-refractivity contribution in [2.45, 2.75) is 17.9 Å². The average molecular weight is 312 g/mol. The Morgan fingerprint density at radius 2 is 2.05 bits per heavy atom. The summed E-state index contributed by atoms with van der Waals surface area (Å²) >= 11 is 0. The maximum atomic E-state index is 12.1. The van der Waals surface area contributed by atoms with Crippen LogP contribution in [0.5, 0.6) is 0 Å². The minimum absolute atomic E-state index is 0.0642. The Morgan fingerprint density at radius 3 is 2.62 bits per heavy atom.